The van der Waals surface area contributed by atoms with E-state index in [2.05, 4.69) is 41.5 Å². The lowest BCUT2D eigenvalue weighted by Crippen LogP contribution is -2.65. The van der Waals surface area contributed by atoms with E-state index in [4.69, 9.17) is 13.0 Å². The Kier molecular flexibility index (Phi) is 4.88. The third kappa shape index (κ3) is 3.42. The SMILES string of the molecule is CC(C)(C)[Si]1(C(C)(C)C)OC[C@H]2SC[C@H](OS(C)(=O)=O)[C@@H]2O1. The van der Waals surface area contributed by atoms with Crippen LogP contribution in [-0.2, 0) is 23.2 Å². The van der Waals surface area contributed by atoms with Gasteiger partial charge in [-0.05, 0) is 0 Å². The van der Waals surface area contributed by atoms with Gasteiger partial charge in [0.2, 0.25) is 0 Å². The molecule has 8 heteroatoms. The van der Waals surface area contributed by atoms with Gasteiger partial charge < -0.3 is 8.85 Å². The Hall–Kier alpha value is 0.397. The number of rotatable bonds is 2. The number of fused-ring (bicyclic) bond motifs is 1. The van der Waals surface area contributed by atoms with E-state index in [0.717, 1.165) is 6.26 Å². The highest BCUT2D eigenvalue weighted by Gasteiger charge is 2.63. The summed E-state index contributed by atoms with van der Waals surface area (Å²) in [4.78, 5) is 0. The lowest BCUT2D eigenvalue weighted by atomic mass is 10.2. The quantitative estimate of drug-likeness (QED) is 0.552. The zero-order chi connectivity index (χ0) is 17.0. The van der Waals surface area contributed by atoms with Crippen molar-refractivity contribution in [3.8, 4) is 0 Å². The van der Waals surface area contributed by atoms with Gasteiger partial charge in [-0.15, -0.1) is 0 Å². The molecule has 0 bridgehead atoms. The summed E-state index contributed by atoms with van der Waals surface area (Å²) in [6, 6.07) is 0. The monoisotopic (exact) mass is 368 g/mol. The predicted octanol–water partition coefficient (Wildman–Crippen LogP) is 2.90. The van der Waals surface area contributed by atoms with Gasteiger partial charge in [0.05, 0.1) is 24.2 Å². The molecule has 2 heterocycles. The van der Waals surface area contributed by atoms with E-state index in [1.165, 1.54) is 0 Å². The van der Waals surface area contributed by atoms with E-state index >= 15 is 0 Å². The van der Waals surface area contributed by atoms with E-state index in [1.807, 2.05) is 0 Å². The molecule has 0 saturated carbocycles. The van der Waals surface area contributed by atoms with Crippen LogP contribution in [0.15, 0.2) is 0 Å². The summed E-state index contributed by atoms with van der Waals surface area (Å²) in [6.07, 6.45) is 0.478. The minimum atomic E-state index is -3.49. The zero-order valence-electron chi connectivity index (χ0n) is 14.5. The van der Waals surface area contributed by atoms with E-state index in [9.17, 15) is 8.42 Å². The molecule has 0 radical (unpaired) electrons. The van der Waals surface area contributed by atoms with Gasteiger partial charge in [-0.3, -0.25) is 4.18 Å². The second-order valence-electron chi connectivity index (χ2n) is 8.22. The van der Waals surface area contributed by atoms with Crippen molar-refractivity contribution in [1.82, 2.24) is 0 Å². The topological polar surface area (TPSA) is 61.8 Å². The van der Waals surface area contributed by atoms with Crippen LogP contribution in [0, 0.1) is 0 Å². The highest BCUT2D eigenvalue weighted by molar-refractivity contribution is 8.00. The summed E-state index contributed by atoms with van der Waals surface area (Å²) in [5.74, 6) is 0.629. The number of thioether (sulfide) groups is 1. The summed E-state index contributed by atoms with van der Waals surface area (Å²) in [5.41, 5.74) is 0. The van der Waals surface area contributed by atoms with Crippen LogP contribution in [0.5, 0.6) is 0 Å². The van der Waals surface area contributed by atoms with Gasteiger partial charge in [0.15, 0.2) is 0 Å². The highest BCUT2D eigenvalue weighted by atomic mass is 32.2. The van der Waals surface area contributed by atoms with Crippen LogP contribution < -0.4 is 0 Å². The summed E-state index contributed by atoms with van der Waals surface area (Å²) in [5, 5.41) is -0.0739. The van der Waals surface area contributed by atoms with E-state index in [1.54, 1.807) is 11.8 Å². The molecule has 5 nitrogen and oxygen atoms in total. The molecule has 0 aromatic carbocycles. The molecule has 0 unspecified atom stereocenters. The molecule has 130 valence electrons. The molecule has 0 spiro atoms. The lowest BCUT2D eigenvalue weighted by molar-refractivity contribution is -0.0155. The Bertz CT molecular complexity index is 506. The van der Waals surface area contributed by atoms with Gasteiger partial charge in [0.25, 0.3) is 10.1 Å². The molecule has 0 N–H and O–H groups in total. The molecular formula is C14H28O5S2Si. The predicted molar refractivity (Wildman–Crippen MR) is 92.0 cm³/mol. The van der Waals surface area contributed by atoms with E-state index in [0.29, 0.717) is 12.4 Å². The first-order chi connectivity index (χ1) is 9.77. The fourth-order valence-corrected chi connectivity index (χ4v) is 10.8. The van der Waals surface area contributed by atoms with Gasteiger partial charge in [-0.2, -0.15) is 20.2 Å². The molecule has 2 fully saturated rings. The third-order valence-electron chi connectivity index (χ3n) is 4.23. The molecule has 0 aromatic heterocycles. The van der Waals surface area contributed by atoms with Crippen LogP contribution in [0.3, 0.4) is 0 Å². The number of hydrogen-bond donors (Lipinski definition) is 0. The van der Waals surface area contributed by atoms with Crippen LogP contribution in [0.25, 0.3) is 0 Å². The van der Waals surface area contributed by atoms with Gasteiger partial charge >= 0.3 is 8.56 Å². The maximum Gasteiger partial charge on any atom is 0.349 e. The first-order valence-electron chi connectivity index (χ1n) is 7.58. The largest absolute Gasteiger partial charge is 0.392 e. The normalized spacial score (nSPS) is 32.8. The van der Waals surface area contributed by atoms with Gasteiger partial charge in [0.1, 0.15) is 6.10 Å². The third-order valence-corrected chi connectivity index (χ3v) is 11.3. The minimum Gasteiger partial charge on any atom is -0.392 e. The standard InChI is InChI=1S/C14H28O5S2Si/c1-13(2,3)22(14(4,5)6)17-8-11-12(19-22)10(9-20-11)18-21(7,15)16/h10-12H,8-9H2,1-7H3/t10-,11+,12-/m0/s1. The van der Waals surface area contributed by atoms with Crippen LogP contribution in [-0.4, -0.2) is 53.1 Å². The Labute approximate surface area is 139 Å². The van der Waals surface area contributed by atoms with Gasteiger partial charge in [0, 0.05) is 15.8 Å². The summed E-state index contributed by atoms with van der Waals surface area (Å²) in [6.45, 7) is 13.5. The molecule has 2 aliphatic heterocycles. The van der Waals surface area contributed by atoms with Crippen molar-refractivity contribution in [1.29, 1.82) is 0 Å². The fourth-order valence-electron chi connectivity index (χ4n) is 3.59. The molecular weight excluding hydrogens is 340 g/mol. The van der Waals surface area contributed by atoms with Crippen molar-refractivity contribution in [2.75, 3.05) is 18.6 Å². The van der Waals surface area contributed by atoms with E-state index < -0.39 is 24.8 Å². The van der Waals surface area contributed by atoms with Gasteiger partial charge in [-0.1, -0.05) is 41.5 Å². The Morgan fingerprint density at radius 1 is 1.14 bits per heavy atom. The lowest BCUT2D eigenvalue weighted by Gasteiger charge is -2.54. The minimum absolute atomic E-state index is 0.112. The second-order valence-corrected chi connectivity index (χ2v) is 15.9. The average molecular weight is 369 g/mol. The molecule has 2 rings (SSSR count). The van der Waals surface area contributed by atoms with E-state index in [-0.39, 0.29) is 21.4 Å². The van der Waals surface area contributed by atoms with Crippen molar-refractivity contribution in [3.05, 3.63) is 0 Å². The highest BCUT2D eigenvalue weighted by Crippen LogP contribution is 2.56. The van der Waals surface area contributed by atoms with Crippen molar-refractivity contribution in [2.24, 2.45) is 0 Å². The smallest absolute Gasteiger partial charge is 0.349 e. The van der Waals surface area contributed by atoms with Crippen molar-refractivity contribution >= 4 is 30.4 Å². The Balaban J connectivity index is 2.32. The van der Waals surface area contributed by atoms with Crippen LogP contribution in [0.1, 0.15) is 41.5 Å². The molecule has 22 heavy (non-hydrogen) atoms. The molecule has 2 aliphatic rings. The van der Waals surface area contributed by atoms with Crippen LogP contribution in [0.4, 0.5) is 0 Å². The molecule has 0 amide bonds. The Morgan fingerprint density at radius 2 is 1.68 bits per heavy atom. The zero-order valence-corrected chi connectivity index (χ0v) is 17.1. The van der Waals surface area contributed by atoms with Crippen molar-refractivity contribution < 1.29 is 21.5 Å². The summed E-state index contributed by atoms with van der Waals surface area (Å²) < 4.78 is 41.3. The number of hydrogen-bond acceptors (Lipinski definition) is 6. The van der Waals surface area contributed by atoms with Crippen LogP contribution in [0.2, 0.25) is 10.1 Å². The summed E-state index contributed by atoms with van der Waals surface area (Å²) >= 11 is 1.68. The van der Waals surface area contributed by atoms with Gasteiger partial charge in [-0.25, -0.2) is 0 Å². The molecule has 0 aromatic rings. The second kappa shape index (κ2) is 5.74. The van der Waals surface area contributed by atoms with Crippen molar-refractivity contribution in [2.45, 2.75) is 69.1 Å². The van der Waals surface area contributed by atoms with Crippen molar-refractivity contribution in [3.63, 3.8) is 0 Å². The first kappa shape index (κ1) is 18.7. The molecule has 0 aliphatic carbocycles. The molecule has 2 saturated heterocycles. The average Bonchev–Trinajstić information content (AvgIpc) is 2.66. The first-order valence-corrected chi connectivity index (χ1v) is 12.3. The maximum atomic E-state index is 11.5. The summed E-state index contributed by atoms with van der Waals surface area (Å²) in [7, 11) is -6.06. The molecule has 3 atom stereocenters. The Morgan fingerprint density at radius 3 is 2.14 bits per heavy atom. The fraction of sp³-hybridized carbons (Fsp3) is 1.00. The van der Waals surface area contributed by atoms with Crippen LogP contribution >= 0.6 is 11.8 Å². The maximum absolute atomic E-state index is 11.5.